The lowest BCUT2D eigenvalue weighted by atomic mass is 10.1. The molecule has 8 heteroatoms. The van der Waals surface area contributed by atoms with Gasteiger partial charge in [0.15, 0.2) is 0 Å². The number of nitrogens with one attached hydrogen (secondary N) is 1. The predicted octanol–water partition coefficient (Wildman–Crippen LogP) is 3.78. The Kier molecular flexibility index (Phi) is 5.11. The van der Waals surface area contributed by atoms with Gasteiger partial charge in [-0.25, -0.2) is 9.69 Å². The summed E-state index contributed by atoms with van der Waals surface area (Å²) < 4.78 is 6.00. The Bertz CT molecular complexity index is 958. The maximum Gasteiger partial charge on any atom is 0.335 e. The van der Waals surface area contributed by atoms with Crippen molar-refractivity contribution in [3.05, 3.63) is 63.1 Å². The lowest BCUT2D eigenvalue weighted by Gasteiger charge is -2.27. The zero-order chi connectivity index (χ0) is 18.8. The minimum atomic E-state index is -0.855. The first-order valence-corrected chi connectivity index (χ1v) is 8.59. The SMILES string of the molecule is COc1ccc(Br)cc1/C=C1\C(=O)NC(=O)N(c2ccccc2Cl)C1=O. The number of amides is 4. The highest BCUT2D eigenvalue weighted by molar-refractivity contribution is 9.10. The summed E-state index contributed by atoms with van der Waals surface area (Å²) in [6.45, 7) is 0. The third kappa shape index (κ3) is 3.36. The number of hydrogen-bond acceptors (Lipinski definition) is 4. The van der Waals surface area contributed by atoms with Gasteiger partial charge in [0.05, 0.1) is 17.8 Å². The lowest BCUT2D eigenvalue weighted by Crippen LogP contribution is -2.54. The molecule has 1 aliphatic rings. The van der Waals surface area contributed by atoms with Gasteiger partial charge in [0, 0.05) is 10.0 Å². The number of carbonyl (C=O) groups excluding carboxylic acids is 3. The van der Waals surface area contributed by atoms with Crippen molar-refractivity contribution in [3.63, 3.8) is 0 Å². The highest BCUT2D eigenvalue weighted by Gasteiger charge is 2.37. The van der Waals surface area contributed by atoms with Crippen LogP contribution < -0.4 is 15.0 Å². The van der Waals surface area contributed by atoms with Gasteiger partial charge < -0.3 is 4.74 Å². The predicted molar refractivity (Wildman–Crippen MR) is 101 cm³/mol. The van der Waals surface area contributed by atoms with Gasteiger partial charge in [0.25, 0.3) is 11.8 Å². The fourth-order valence-electron chi connectivity index (χ4n) is 2.48. The monoisotopic (exact) mass is 434 g/mol. The summed E-state index contributed by atoms with van der Waals surface area (Å²) in [4.78, 5) is 38.1. The molecule has 26 heavy (non-hydrogen) atoms. The molecule has 0 atom stereocenters. The van der Waals surface area contributed by atoms with E-state index in [9.17, 15) is 14.4 Å². The van der Waals surface area contributed by atoms with Crippen LogP contribution in [0.5, 0.6) is 5.75 Å². The summed E-state index contributed by atoms with van der Waals surface area (Å²) in [5, 5.41) is 2.37. The van der Waals surface area contributed by atoms with Crippen molar-refractivity contribution in [3.8, 4) is 5.75 Å². The van der Waals surface area contributed by atoms with Crippen LogP contribution in [0, 0.1) is 0 Å². The van der Waals surface area contributed by atoms with E-state index in [1.54, 1.807) is 36.4 Å². The van der Waals surface area contributed by atoms with E-state index in [4.69, 9.17) is 16.3 Å². The molecular weight excluding hydrogens is 424 g/mol. The van der Waals surface area contributed by atoms with Crippen molar-refractivity contribution in [2.45, 2.75) is 0 Å². The normalized spacial score (nSPS) is 16.0. The standard InChI is InChI=1S/C18H12BrClN2O4/c1-26-15-7-6-11(19)8-10(15)9-12-16(23)21-18(25)22(17(12)24)14-5-3-2-4-13(14)20/h2-9H,1H3,(H,21,23,25)/b12-9+. The number of halogens is 2. The van der Waals surface area contributed by atoms with Crippen LogP contribution in [0.4, 0.5) is 10.5 Å². The number of rotatable bonds is 3. The fourth-order valence-corrected chi connectivity index (χ4v) is 3.08. The van der Waals surface area contributed by atoms with E-state index in [0.29, 0.717) is 11.3 Å². The number of carbonyl (C=O) groups is 3. The second-order valence-corrected chi connectivity index (χ2v) is 6.62. The Morgan fingerprint density at radius 2 is 1.88 bits per heavy atom. The number of ether oxygens (including phenoxy) is 1. The molecule has 2 aromatic rings. The summed E-state index contributed by atoms with van der Waals surface area (Å²) in [5.74, 6) is -1.08. The van der Waals surface area contributed by atoms with Gasteiger partial charge in [0.2, 0.25) is 0 Å². The zero-order valence-corrected chi connectivity index (χ0v) is 15.8. The molecule has 0 bridgehead atoms. The van der Waals surface area contributed by atoms with Crippen LogP contribution in [0.25, 0.3) is 6.08 Å². The average Bonchev–Trinajstić information content (AvgIpc) is 2.60. The van der Waals surface area contributed by atoms with Crippen LogP contribution in [0.3, 0.4) is 0 Å². The molecule has 0 aromatic heterocycles. The maximum atomic E-state index is 12.9. The molecule has 0 radical (unpaired) electrons. The van der Waals surface area contributed by atoms with E-state index < -0.39 is 17.8 Å². The number of nitrogens with zero attached hydrogens (tertiary/aromatic N) is 1. The van der Waals surface area contributed by atoms with Gasteiger partial charge in [-0.15, -0.1) is 0 Å². The van der Waals surface area contributed by atoms with Gasteiger partial charge in [-0.1, -0.05) is 39.7 Å². The molecule has 0 unspecified atom stereocenters. The first-order valence-electron chi connectivity index (χ1n) is 7.42. The molecule has 4 amide bonds. The minimum Gasteiger partial charge on any atom is -0.496 e. The first kappa shape index (κ1) is 18.2. The van der Waals surface area contributed by atoms with Gasteiger partial charge in [-0.2, -0.15) is 0 Å². The van der Waals surface area contributed by atoms with Gasteiger partial charge in [-0.3, -0.25) is 14.9 Å². The molecule has 6 nitrogen and oxygen atoms in total. The molecule has 0 saturated carbocycles. The molecule has 0 aliphatic carbocycles. The van der Waals surface area contributed by atoms with Crippen molar-refractivity contribution in [1.82, 2.24) is 5.32 Å². The number of anilines is 1. The Hall–Kier alpha value is -2.64. The van der Waals surface area contributed by atoms with Gasteiger partial charge >= 0.3 is 6.03 Å². The molecule has 3 rings (SSSR count). The van der Waals surface area contributed by atoms with Crippen LogP contribution in [-0.2, 0) is 9.59 Å². The second-order valence-electron chi connectivity index (χ2n) is 5.30. The molecule has 1 saturated heterocycles. The van der Waals surface area contributed by atoms with Crippen LogP contribution in [0.2, 0.25) is 5.02 Å². The van der Waals surface area contributed by atoms with E-state index in [0.717, 1.165) is 9.37 Å². The number of barbiturate groups is 1. The molecule has 1 heterocycles. The molecule has 1 aliphatic heterocycles. The molecule has 0 spiro atoms. The quantitative estimate of drug-likeness (QED) is 0.588. The molecule has 1 N–H and O–H groups in total. The Morgan fingerprint density at radius 3 is 2.58 bits per heavy atom. The van der Waals surface area contributed by atoms with Crippen molar-refractivity contribution < 1.29 is 19.1 Å². The van der Waals surface area contributed by atoms with Crippen LogP contribution >= 0.6 is 27.5 Å². The third-order valence-corrected chi connectivity index (χ3v) is 4.50. The highest BCUT2D eigenvalue weighted by Crippen LogP contribution is 2.30. The lowest BCUT2D eigenvalue weighted by molar-refractivity contribution is -0.122. The highest BCUT2D eigenvalue weighted by atomic mass is 79.9. The zero-order valence-electron chi connectivity index (χ0n) is 13.5. The number of urea groups is 1. The van der Waals surface area contributed by atoms with Gasteiger partial charge in [0.1, 0.15) is 11.3 Å². The minimum absolute atomic E-state index is 0.191. The van der Waals surface area contributed by atoms with E-state index >= 15 is 0 Å². The van der Waals surface area contributed by atoms with E-state index in [2.05, 4.69) is 21.2 Å². The summed E-state index contributed by atoms with van der Waals surface area (Å²) in [6.07, 6.45) is 1.37. The number of methoxy groups -OCH3 is 1. The van der Waals surface area contributed by atoms with E-state index in [-0.39, 0.29) is 16.3 Å². The average molecular weight is 436 g/mol. The molecule has 1 fully saturated rings. The first-order chi connectivity index (χ1) is 12.4. The third-order valence-electron chi connectivity index (χ3n) is 3.69. The van der Waals surface area contributed by atoms with Crippen molar-refractivity contribution in [2.75, 3.05) is 12.0 Å². The topological polar surface area (TPSA) is 75.7 Å². The van der Waals surface area contributed by atoms with Gasteiger partial charge in [-0.05, 0) is 36.4 Å². The largest absolute Gasteiger partial charge is 0.496 e. The summed E-state index contributed by atoms with van der Waals surface area (Å²) >= 11 is 9.43. The molecule has 132 valence electrons. The van der Waals surface area contributed by atoms with E-state index in [1.807, 2.05) is 0 Å². The summed E-state index contributed by atoms with van der Waals surface area (Å²) in [6, 6.07) is 10.7. The fraction of sp³-hybridized carbons (Fsp3) is 0.0556. The maximum absolute atomic E-state index is 12.9. The van der Waals surface area contributed by atoms with Crippen LogP contribution in [0.15, 0.2) is 52.5 Å². The number of hydrogen-bond donors (Lipinski definition) is 1. The van der Waals surface area contributed by atoms with Crippen LogP contribution in [0.1, 0.15) is 5.56 Å². The molecular formula is C18H12BrClN2O4. The molecule has 2 aromatic carbocycles. The smallest absolute Gasteiger partial charge is 0.335 e. The van der Waals surface area contributed by atoms with E-state index in [1.165, 1.54) is 19.3 Å². The number of para-hydroxylation sites is 1. The number of benzene rings is 2. The van der Waals surface area contributed by atoms with Crippen molar-refractivity contribution in [1.29, 1.82) is 0 Å². The second kappa shape index (κ2) is 7.31. The summed E-state index contributed by atoms with van der Waals surface area (Å²) in [5.41, 5.74) is 0.492. The Labute approximate surface area is 162 Å². The Balaban J connectivity index is 2.09. The Morgan fingerprint density at radius 1 is 1.15 bits per heavy atom. The van der Waals surface area contributed by atoms with Crippen LogP contribution in [-0.4, -0.2) is 25.0 Å². The van der Waals surface area contributed by atoms with Crippen molar-refractivity contribution in [2.24, 2.45) is 0 Å². The summed E-state index contributed by atoms with van der Waals surface area (Å²) in [7, 11) is 1.48. The number of imide groups is 2. The van der Waals surface area contributed by atoms with Crippen molar-refractivity contribution >= 4 is 57.1 Å².